The highest BCUT2D eigenvalue weighted by Gasteiger charge is 2.19. The van der Waals surface area contributed by atoms with Crippen molar-refractivity contribution in [1.82, 2.24) is 10.6 Å². The van der Waals surface area contributed by atoms with Crippen molar-refractivity contribution in [2.75, 3.05) is 0 Å². The van der Waals surface area contributed by atoms with E-state index >= 15 is 0 Å². The number of benzene rings is 4. The summed E-state index contributed by atoms with van der Waals surface area (Å²) in [5.74, 6) is -0.329. The van der Waals surface area contributed by atoms with Crippen LogP contribution in [0.5, 0.6) is 0 Å². The maximum atomic E-state index is 13.1. The maximum Gasteiger partial charge on any atom is 0.252 e. The number of carbonyl (C=O) groups is 2. The SMILES string of the molecule is C[C@H](NC(=O)c1ccc(C(=O)N[C@@H](C)c2ccccc2)c2ccccc12)c1ccccc1. The highest BCUT2D eigenvalue weighted by Crippen LogP contribution is 2.25. The van der Waals surface area contributed by atoms with Crippen LogP contribution in [-0.4, -0.2) is 11.8 Å². The molecular formula is C28H26N2O2. The van der Waals surface area contributed by atoms with E-state index in [1.165, 1.54) is 0 Å². The molecule has 0 bridgehead atoms. The number of hydrogen-bond donors (Lipinski definition) is 2. The van der Waals surface area contributed by atoms with E-state index in [2.05, 4.69) is 10.6 Å². The zero-order chi connectivity index (χ0) is 22.5. The first-order valence-corrected chi connectivity index (χ1v) is 10.8. The molecule has 0 aliphatic rings. The fraction of sp³-hybridized carbons (Fsp3) is 0.143. The highest BCUT2D eigenvalue weighted by atomic mass is 16.2. The molecule has 0 heterocycles. The molecule has 4 heteroatoms. The Morgan fingerprint density at radius 2 is 0.875 bits per heavy atom. The molecule has 32 heavy (non-hydrogen) atoms. The second-order valence-corrected chi connectivity index (χ2v) is 7.92. The van der Waals surface area contributed by atoms with Crippen molar-refractivity contribution in [2.24, 2.45) is 0 Å². The topological polar surface area (TPSA) is 58.2 Å². The molecule has 2 N–H and O–H groups in total. The predicted octanol–water partition coefficient (Wildman–Crippen LogP) is 5.82. The lowest BCUT2D eigenvalue weighted by Crippen LogP contribution is -2.28. The largest absolute Gasteiger partial charge is 0.345 e. The molecular weight excluding hydrogens is 396 g/mol. The zero-order valence-electron chi connectivity index (χ0n) is 18.2. The Kier molecular flexibility index (Phi) is 6.31. The monoisotopic (exact) mass is 422 g/mol. The van der Waals surface area contributed by atoms with Gasteiger partial charge in [0, 0.05) is 11.1 Å². The first-order chi connectivity index (χ1) is 15.5. The normalized spacial score (nSPS) is 12.7. The lowest BCUT2D eigenvalue weighted by atomic mass is 9.97. The van der Waals surface area contributed by atoms with Crippen LogP contribution >= 0.6 is 0 Å². The minimum Gasteiger partial charge on any atom is -0.345 e. The van der Waals surface area contributed by atoms with E-state index in [-0.39, 0.29) is 23.9 Å². The molecule has 2 amide bonds. The molecule has 4 nitrogen and oxygen atoms in total. The Morgan fingerprint density at radius 1 is 0.531 bits per heavy atom. The molecule has 2 atom stereocenters. The van der Waals surface area contributed by atoms with E-state index < -0.39 is 0 Å². The van der Waals surface area contributed by atoms with Crippen LogP contribution < -0.4 is 10.6 Å². The van der Waals surface area contributed by atoms with Gasteiger partial charge in [0.05, 0.1) is 12.1 Å². The molecule has 4 aromatic rings. The summed E-state index contributed by atoms with van der Waals surface area (Å²) in [6.07, 6.45) is 0. The van der Waals surface area contributed by atoms with Gasteiger partial charge in [-0.2, -0.15) is 0 Å². The summed E-state index contributed by atoms with van der Waals surface area (Å²) in [6, 6.07) is 30.4. The van der Waals surface area contributed by atoms with Crippen LogP contribution in [0.25, 0.3) is 10.8 Å². The lowest BCUT2D eigenvalue weighted by molar-refractivity contribution is 0.0930. The van der Waals surface area contributed by atoms with Crippen LogP contribution in [-0.2, 0) is 0 Å². The van der Waals surface area contributed by atoms with Gasteiger partial charge in [0.2, 0.25) is 0 Å². The smallest absolute Gasteiger partial charge is 0.252 e. The summed E-state index contributed by atoms with van der Waals surface area (Å²) in [5, 5.41) is 7.64. The van der Waals surface area contributed by atoms with E-state index in [1.54, 1.807) is 12.1 Å². The van der Waals surface area contributed by atoms with Gasteiger partial charge in [-0.05, 0) is 47.9 Å². The molecule has 4 rings (SSSR count). The van der Waals surface area contributed by atoms with E-state index in [1.807, 2.05) is 98.8 Å². The standard InChI is InChI=1S/C28H26N2O2/c1-19(21-11-5-3-6-12-21)29-27(31)25-17-18-26(24-16-10-9-15-23(24)25)28(32)30-20(2)22-13-7-4-8-14-22/h3-20H,1-2H3,(H,29,31)(H,30,32)/t19-,20-/m0/s1. The molecule has 0 aliphatic heterocycles. The average Bonchev–Trinajstić information content (AvgIpc) is 2.84. The van der Waals surface area contributed by atoms with Gasteiger partial charge in [0.15, 0.2) is 0 Å². The first-order valence-electron chi connectivity index (χ1n) is 10.8. The van der Waals surface area contributed by atoms with E-state index in [9.17, 15) is 9.59 Å². The minimum absolute atomic E-state index is 0.128. The number of amides is 2. The maximum absolute atomic E-state index is 13.1. The van der Waals surface area contributed by atoms with Crippen LogP contribution in [0.1, 0.15) is 57.8 Å². The summed E-state index contributed by atoms with van der Waals surface area (Å²) in [7, 11) is 0. The zero-order valence-corrected chi connectivity index (χ0v) is 18.2. The van der Waals surface area contributed by atoms with Crippen molar-refractivity contribution in [1.29, 1.82) is 0 Å². The first kappa shape index (κ1) is 21.3. The molecule has 0 radical (unpaired) electrons. The fourth-order valence-electron chi connectivity index (χ4n) is 3.89. The minimum atomic E-state index is -0.165. The van der Waals surface area contributed by atoms with Crippen LogP contribution in [0.4, 0.5) is 0 Å². The van der Waals surface area contributed by atoms with Crippen molar-refractivity contribution in [3.8, 4) is 0 Å². The summed E-state index contributed by atoms with van der Waals surface area (Å²) < 4.78 is 0. The molecule has 4 aromatic carbocycles. The molecule has 0 aromatic heterocycles. The number of fused-ring (bicyclic) bond motifs is 1. The molecule has 0 aliphatic carbocycles. The average molecular weight is 423 g/mol. The van der Waals surface area contributed by atoms with Crippen LogP contribution in [0.3, 0.4) is 0 Å². The van der Waals surface area contributed by atoms with Crippen molar-refractivity contribution >= 4 is 22.6 Å². The van der Waals surface area contributed by atoms with Crippen molar-refractivity contribution in [3.05, 3.63) is 119 Å². The Bertz CT molecular complexity index is 1140. The van der Waals surface area contributed by atoms with E-state index in [0.717, 1.165) is 21.9 Å². The van der Waals surface area contributed by atoms with Gasteiger partial charge >= 0.3 is 0 Å². The van der Waals surface area contributed by atoms with Crippen LogP contribution in [0, 0.1) is 0 Å². The van der Waals surface area contributed by atoms with Crippen LogP contribution in [0.15, 0.2) is 97.1 Å². The van der Waals surface area contributed by atoms with E-state index in [0.29, 0.717) is 11.1 Å². The molecule has 0 saturated carbocycles. The molecule has 160 valence electrons. The van der Waals surface area contributed by atoms with Crippen molar-refractivity contribution < 1.29 is 9.59 Å². The number of nitrogens with one attached hydrogen (secondary N) is 2. The summed E-state index contributed by atoms with van der Waals surface area (Å²) in [5.41, 5.74) is 3.18. The van der Waals surface area contributed by atoms with Gasteiger partial charge in [0.25, 0.3) is 11.8 Å². The lowest BCUT2D eigenvalue weighted by Gasteiger charge is -2.18. The third-order valence-corrected chi connectivity index (χ3v) is 5.71. The Morgan fingerprint density at radius 3 is 1.25 bits per heavy atom. The van der Waals surface area contributed by atoms with Gasteiger partial charge in [-0.3, -0.25) is 9.59 Å². The Hall–Kier alpha value is -3.92. The van der Waals surface area contributed by atoms with Gasteiger partial charge in [-0.25, -0.2) is 0 Å². The quantitative estimate of drug-likeness (QED) is 0.411. The van der Waals surface area contributed by atoms with Crippen molar-refractivity contribution in [3.63, 3.8) is 0 Å². The van der Waals surface area contributed by atoms with Crippen molar-refractivity contribution in [2.45, 2.75) is 25.9 Å². The summed E-state index contributed by atoms with van der Waals surface area (Å²) in [4.78, 5) is 26.1. The third kappa shape index (κ3) is 4.54. The molecule has 0 fully saturated rings. The van der Waals surface area contributed by atoms with Gasteiger partial charge < -0.3 is 10.6 Å². The number of carbonyl (C=O) groups excluding carboxylic acids is 2. The van der Waals surface area contributed by atoms with Gasteiger partial charge in [0.1, 0.15) is 0 Å². The second kappa shape index (κ2) is 9.48. The Balaban J connectivity index is 1.60. The van der Waals surface area contributed by atoms with Gasteiger partial charge in [-0.15, -0.1) is 0 Å². The van der Waals surface area contributed by atoms with E-state index in [4.69, 9.17) is 0 Å². The predicted molar refractivity (Wildman–Crippen MR) is 129 cm³/mol. The van der Waals surface area contributed by atoms with Crippen LogP contribution in [0.2, 0.25) is 0 Å². The summed E-state index contributed by atoms with van der Waals surface area (Å²) in [6.45, 7) is 3.92. The summed E-state index contributed by atoms with van der Waals surface area (Å²) >= 11 is 0. The molecule has 0 spiro atoms. The second-order valence-electron chi connectivity index (χ2n) is 7.92. The highest BCUT2D eigenvalue weighted by molar-refractivity contribution is 6.14. The van der Waals surface area contributed by atoms with Gasteiger partial charge in [-0.1, -0.05) is 84.9 Å². The molecule has 0 saturated heterocycles. The molecule has 0 unspecified atom stereocenters. The third-order valence-electron chi connectivity index (χ3n) is 5.71. The number of hydrogen-bond acceptors (Lipinski definition) is 2. The Labute approximate surface area is 188 Å². The fourth-order valence-corrected chi connectivity index (χ4v) is 3.89. The number of rotatable bonds is 6.